The fourth-order valence-electron chi connectivity index (χ4n) is 1.51. The zero-order valence-corrected chi connectivity index (χ0v) is 8.03. The molecule has 0 aliphatic carbocycles. The van der Waals surface area contributed by atoms with Crippen LogP contribution in [0.15, 0.2) is 35.1 Å². The van der Waals surface area contributed by atoms with Crippen LogP contribution in [0.2, 0.25) is 0 Å². The van der Waals surface area contributed by atoms with Gasteiger partial charge in [-0.1, -0.05) is 26.0 Å². The van der Waals surface area contributed by atoms with E-state index in [0.29, 0.717) is 5.92 Å². The van der Waals surface area contributed by atoms with Crippen LogP contribution in [0.25, 0.3) is 11.1 Å². The van der Waals surface area contributed by atoms with Gasteiger partial charge in [0.15, 0.2) is 6.54 Å². The summed E-state index contributed by atoms with van der Waals surface area (Å²) in [5, 5.41) is 0. The number of nitrogens with zero attached hydrogens (tertiary/aromatic N) is 1. The van der Waals surface area contributed by atoms with Gasteiger partial charge in [-0.2, -0.15) is 4.57 Å². The number of fused-ring (bicyclic) bond motifs is 1. The maximum atomic E-state index is 5.41. The van der Waals surface area contributed by atoms with Crippen molar-refractivity contribution in [3.8, 4) is 0 Å². The third kappa shape index (κ3) is 1.57. The second-order valence-corrected chi connectivity index (χ2v) is 3.74. The van der Waals surface area contributed by atoms with E-state index in [-0.39, 0.29) is 0 Å². The number of hydrogen-bond donors (Lipinski definition) is 0. The number of para-hydroxylation sites is 2. The van der Waals surface area contributed by atoms with Crippen LogP contribution in [0.4, 0.5) is 0 Å². The SMILES string of the molecule is CC(C)C[n+]1coc2ccccc21. The van der Waals surface area contributed by atoms with Crippen molar-refractivity contribution in [1.29, 1.82) is 0 Å². The first kappa shape index (κ1) is 8.30. The highest BCUT2D eigenvalue weighted by atomic mass is 16.3. The summed E-state index contributed by atoms with van der Waals surface area (Å²) < 4.78 is 7.57. The Bertz CT molecular complexity index is 403. The van der Waals surface area contributed by atoms with E-state index in [1.807, 2.05) is 18.2 Å². The predicted octanol–water partition coefficient (Wildman–Crippen LogP) is 2.38. The van der Waals surface area contributed by atoms with Crippen LogP contribution in [0.3, 0.4) is 0 Å². The average molecular weight is 176 g/mol. The Balaban J connectivity index is 2.46. The second-order valence-electron chi connectivity index (χ2n) is 3.74. The summed E-state index contributed by atoms with van der Waals surface area (Å²) >= 11 is 0. The summed E-state index contributed by atoms with van der Waals surface area (Å²) in [5.74, 6) is 0.644. The zero-order chi connectivity index (χ0) is 9.26. The van der Waals surface area contributed by atoms with Crippen molar-refractivity contribution >= 4 is 11.1 Å². The molecule has 0 fully saturated rings. The molecule has 2 aromatic rings. The molecule has 0 aliphatic heterocycles. The van der Waals surface area contributed by atoms with Gasteiger partial charge in [0.1, 0.15) is 0 Å². The minimum Gasteiger partial charge on any atom is -0.404 e. The first-order valence-corrected chi connectivity index (χ1v) is 4.63. The first-order valence-electron chi connectivity index (χ1n) is 4.63. The van der Waals surface area contributed by atoms with Gasteiger partial charge < -0.3 is 4.42 Å². The van der Waals surface area contributed by atoms with Crippen molar-refractivity contribution in [3.63, 3.8) is 0 Å². The smallest absolute Gasteiger partial charge is 0.335 e. The number of hydrogen-bond acceptors (Lipinski definition) is 1. The van der Waals surface area contributed by atoms with E-state index >= 15 is 0 Å². The third-order valence-corrected chi connectivity index (χ3v) is 2.04. The Morgan fingerprint density at radius 1 is 1.31 bits per heavy atom. The molecule has 0 radical (unpaired) electrons. The quantitative estimate of drug-likeness (QED) is 0.642. The number of oxazole rings is 1. The van der Waals surface area contributed by atoms with Gasteiger partial charge in [-0.15, -0.1) is 0 Å². The Labute approximate surface area is 77.8 Å². The van der Waals surface area contributed by atoms with E-state index in [4.69, 9.17) is 4.42 Å². The van der Waals surface area contributed by atoms with E-state index in [1.165, 1.54) is 5.52 Å². The van der Waals surface area contributed by atoms with Crippen LogP contribution in [-0.4, -0.2) is 0 Å². The van der Waals surface area contributed by atoms with E-state index in [2.05, 4.69) is 24.5 Å². The minimum absolute atomic E-state index is 0.644. The van der Waals surface area contributed by atoms with Crippen molar-refractivity contribution in [2.45, 2.75) is 20.4 Å². The van der Waals surface area contributed by atoms with Gasteiger partial charge in [0.05, 0.1) is 0 Å². The van der Waals surface area contributed by atoms with Gasteiger partial charge in [-0.25, -0.2) is 0 Å². The van der Waals surface area contributed by atoms with Crippen LogP contribution >= 0.6 is 0 Å². The summed E-state index contributed by atoms with van der Waals surface area (Å²) in [5.41, 5.74) is 2.14. The maximum absolute atomic E-state index is 5.41. The highest BCUT2D eigenvalue weighted by molar-refractivity contribution is 5.67. The topological polar surface area (TPSA) is 17.0 Å². The zero-order valence-electron chi connectivity index (χ0n) is 8.03. The number of rotatable bonds is 2. The van der Waals surface area contributed by atoms with Crippen LogP contribution in [0.1, 0.15) is 13.8 Å². The second kappa shape index (κ2) is 3.21. The summed E-state index contributed by atoms with van der Waals surface area (Å²) in [6, 6.07) is 8.10. The molecule has 1 heterocycles. The molecule has 0 N–H and O–H groups in total. The van der Waals surface area contributed by atoms with Crippen molar-refractivity contribution in [3.05, 3.63) is 30.7 Å². The van der Waals surface area contributed by atoms with Gasteiger partial charge in [-0.05, 0) is 6.07 Å². The molecule has 0 aliphatic rings. The normalized spacial score (nSPS) is 11.3. The third-order valence-electron chi connectivity index (χ3n) is 2.04. The molecule has 2 heteroatoms. The molecule has 1 aromatic carbocycles. The largest absolute Gasteiger partial charge is 0.404 e. The monoisotopic (exact) mass is 176 g/mol. The predicted molar refractivity (Wildman–Crippen MR) is 51.2 cm³/mol. The number of aromatic nitrogens is 1. The molecule has 0 amide bonds. The molecule has 0 saturated carbocycles. The molecule has 2 rings (SSSR count). The molecule has 68 valence electrons. The molecule has 13 heavy (non-hydrogen) atoms. The maximum Gasteiger partial charge on any atom is 0.335 e. The fourth-order valence-corrected chi connectivity index (χ4v) is 1.51. The van der Waals surface area contributed by atoms with Gasteiger partial charge in [0.25, 0.3) is 5.52 Å². The Hall–Kier alpha value is -1.31. The summed E-state index contributed by atoms with van der Waals surface area (Å²) in [6.45, 7) is 5.42. The molecular formula is C11H14NO+. The van der Waals surface area contributed by atoms with Gasteiger partial charge in [0.2, 0.25) is 5.58 Å². The van der Waals surface area contributed by atoms with E-state index in [0.717, 1.165) is 12.1 Å². The van der Waals surface area contributed by atoms with Crippen molar-refractivity contribution in [2.24, 2.45) is 5.92 Å². The lowest BCUT2D eigenvalue weighted by atomic mass is 10.2. The summed E-state index contributed by atoms with van der Waals surface area (Å²) in [7, 11) is 0. The van der Waals surface area contributed by atoms with Crippen molar-refractivity contribution in [1.82, 2.24) is 0 Å². The van der Waals surface area contributed by atoms with Crippen LogP contribution < -0.4 is 4.57 Å². The Kier molecular flexibility index (Phi) is 2.05. The van der Waals surface area contributed by atoms with Crippen LogP contribution in [0.5, 0.6) is 0 Å². The lowest BCUT2D eigenvalue weighted by Gasteiger charge is -1.95. The van der Waals surface area contributed by atoms with Crippen molar-refractivity contribution in [2.75, 3.05) is 0 Å². The molecule has 0 atom stereocenters. The van der Waals surface area contributed by atoms with Gasteiger partial charge >= 0.3 is 6.39 Å². The Morgan fingerprint density at radius 3 is 2.85 bits per heavy atom. The van der Waals surface area contributed by atoms with Crippen molar-refractivity contribution < 1.29 is 8.98 Å². The van der Waals surface area contributed by atoms with E-state index in [9.17, 15) is 0 Å². The highest BCUT2D eigenvalue weighted by Crippen LogP contribution is 2.09. The minimum atomic E-state index is 0.644. The highest BCUT2D eigenvalue weighted by Gasteiger charge is 2.12. The molecule has 0 bridgehead atoms. The number of benzene rings is 1. The van der Waals surface area contributed by atoms with E-state index in [1.54, 1.807) is 6.39 Å². The van der Waals surface area contributed by atoms with Crippen LogP contribution in [0, 0.1) is 5.92 Å². The molecule has 0 unspecified atom stereocenters. The lowest BCUT2D eigenvalue weighted by Crippen LogP contribution is -2.34. The summed E-state index contributed by atoms with van der Waals surface area (Å²) in [6.07, 6.45) is 1.80. The molecule has 0 saturated heterocycles. The molecule has 0 spiro atoms. The summed E-state index contributed by atoms with van der Waals surface area (Å²) in [4.78, 5) is 0. The average Bonchev–Trinajstić information content (AvgIpc) is 2.48. The Morgan fingerprint density at radius 2 is 2.08 bits per heavy atom. The van der Waals surface area contributed by atoms with Crippen LogP contribution in [-0.2, 0) is 6.54 Å². The molecular weight excluding hydrogens is 162 g/mol. The lowest BCUT2D eigenvalue weighted by molar-refractivity contribution is -0.681. The van der Waals surface area contributed by atoms with E-state index < -0.39 is 0 Å². The molecule has 1 aromatic heterocycles. The molecule has 2 nitrogen and oxygen atoms in total. The fraction of sp³-hybridized carbons (Fsp3) is 0.364. The van der Waals surface area contributed by atoms with Gasteiger partial charge in [0, 0.05) is 12.0 Å². The standard InChI is InChI=1S/C11H14NO/c1-9(2)7-12-8-13-11-6-4-3-5-10(11)12/h3-6,8-9H,7H2,1-2H3/q+1. The van der Waals surface area contributed by atoms with Gasteiger partial charge in [-0.3, -0.25) is 0 Å². The first-order chi connectivity index (χ1) is 6.27.